The fourth-order valence-electron chi connectivity index (χ4n) is 0.123. The quantitative estimate of drug-likeness (QED) is 0.515. The van der Waals surface area contributed by atoms with E-state index in [2.05, 4.69) is 6.58 Å². The maximum absolute atomic E-state index is 9.53. The van der Waals surface area contributed by atoms with Gasteiger partial charge in [0.25, 0.3) is 0 Å². The zero-order valence-electron chi connectivity index (χ0n) is 3.66. The molecule has 0 aliphatic carbocycles. The van der Waals surface area contributed by atoms with E-state index < -0.39 is 5.97 Å². The van der Waals surface area contributed by atoms with Crippen LogP contribution in [0, 0.1) is 0 Å². The molecule has 0 amide bonds. The zero-order chi connectivity index (χ0) is 4.99. The van der Waals surface area contributed by atoms with Crippen molar-refractivity contribution >= 4 is 5.97 Å². The van der Waals surface area contributed by atoms with Crippen molar-refractivity contribution in [2.75, 3.05) is 0 Å². The molecule has 1 N–H and O–H groups in total. The molecule has 0 radical (unpaired) electrons. The molecule has 44 valence electrons. The Balaban J connectivity index is 0. The van der Waals surface area contributed by atoms with E-state index >= 15 is 0 Å². The first kappa shape index (κ1) is 9.98. The summed E-state index contributed by atoms with van der Waals surface area (Å²) in [6.07, 6.45) is 1.41. The number of rotatable bonds is 2. The third kappa shape index (κ3) is 10.7. The van der Waals surface area contributed by atoms with Crippen LogP contribution < -0.4 is 0 Å². The van der Waals surface area contributed by atoms with Crippen LogP contribution in [0.1, 0.15) is 6.42 Å². The summed E-state index contributed by atoms with van der Waals surface area (Å²) in [5.74, 6) is -0.829. The molecular weight excluding hydrogens is 186 g/mol. The van der Waals surface area contributed by atoms with Gasteiger partial charge in [-0.3, -0.25) is 4.79 Å². The Morgan fingerprint density at radius 1 is 1.86 bits per heavy atom. The Morgan fingerprint density at radius 2 is 2.29 bits per heavy atom. The van der Waals surface area contributed by atoms with Crippen LogP contribution in [-0.4, -0.2) is 11.1 Å². The summed E-state index contributed by atoms with van der Waals surface area (Å²) in [6, 6.07) is 0. The molecule has 7 heavy (non-hydrogen) atoms. The molecule has 0 aromatic heterocycles. The molecular formula is C4H6O2Pd. The molecule has 0 atom stereocenters. The molecule has 2 nitrogen and oxygen atoms in total. The molecule has 0 aliphatic rings. The maximum atomic E-state index is 9.53. The second-order valence-corrected chi connectivity index (χ2v) is 0.887. The normalized spacial score (nSPS) is 6.29. The average Bonchev–Trinajstić information content (AvgIpc) is 1.35. The minimum Gasteiger partial charge on any atom is -0.481 e. The molecule has 0 unspecified atom stereocenters. The van der Waals surface area contributed by atoms with Gasteiger partial charge in [-0.15, -0.1) is 6.58 Å². The van der Waals surface area contributed by atoms with Crippen molar-refractivity contribution in [2.24, 2.45) is 0 Å². The Hall–Kier alpha value is -0.128. The zero-order valence-corrected chi connectivity index (χ0v) is 5.22. The first-order chi connectivity index (χ1) is 2.77. The first-order valence-corrected chi connectivity index (χ1v) is 1.60. The molecule has 0 fully saturated rings. The SMILES string of the molecule is C=CCC(=O)O.[Pd]. The fraction of sp³-hybridized carbons (Fsp3) is 0.250. The molecule has 0 aromatic rings. The second-order valence-electron chi connectivity index (χ2n) is 0.887. The smallest absolute Gasteiger partial charge is 0.307 e. The van der Waals surface area contributed by atoms with Crippen LogP contribution in [0.15, 0.2) is 12.7 Å². The van der Waals surface area contributed by atoms with Gasteiger partial charge in [-0.05, 0) is 0 Å². The van der Waals surface area contributed by atoms with Gasteiger partial charge in [-0.2, -0.15) is 0 Å². The van der Waals surface area contributed by atoms with Crippen molar-refractivity contribution in [3.8, 4) is 0 Å². The van der Waals surface area contributed by atoms with Gasteiger partial charge >= 0.3 is 5.97 Å². The number of aliphatic carboxylic acids is 1. The van der Waals surface area contributed by atoms with Gasteiger partial charge < -0.3 is 5.11 Å². The predicted octanol–water partition coefficient (Wildman–Crippen LogP) is 0.645. The van der Waals surface area contributed by atoms with Gasteiger partial charge in [-0.25, -0.2) is 0 Å². The van der Waals surface area contributed by atoms with Crippen molar-refractivity contribution in [1.29, 1.82) is 0 Å². The van der Waals surface area contributed by atoms with Gasteiger partial charge in [-0.1, -0.05) is 6.08 Å². The summed E-state index contributed by atoms with van der Waals surface area (Å²) >= 11 is 0. The molecule has 0 saturated heterocycles. The molecule has 0 aliphatic heterocycles. The van der Waals surface area contributed by atoms with E-state index in [1.165, 1.54) is 6.08 Å². The van der Waals surface area contributed by atoms with Crippen LogP contribution in [0.2, 0.25) is 0 Å². The number of hydrogen-bond donors (Lipinski definition) is 1. The van der Waals surface area contributed by atoms with Crippen molar-refractivity contribution in [1.82, 2.24) is 0 Å². The van der Waals surface area contributed by atoms with Gasteiger partial charge in [0.15, 0.2) is 0 Å². The Bertz CT molecular complexity index is 70.1. The molecule has 3 heteroatoms. The Labute approximate surface area is 55.9 Å². The van der Waals surface area contributed by atoms with E-state index in [1.54, 1.807) is 0 Å². The van der Waals surface area contributed by atoms with Gasteiger partial charge in [0.05, 0.1) is 6.42 Å². The Morgan fingerprint density at radius 3 is 2.29 bits per heavy atom. The van der Waals surface area contributed by atoms with E-state index in [0.29, 0.717) is 0 Å². The predicted molar refractivity (Wildman–Crippen MR) is 22.4 cm³/mol. The monoisotopic (exact) mass is 192 g/mol. The number of hydrogen-bond acceptors (Lipinski definition) is 1. The van der Waals surface area contributed by atoms with Crippen molar-refractivity contribution in [3.05, 3.63) is 12.7 Å². The van der Waals surface area contributed by atoms with E-state index in [0.717, 1.165) is 0 Å². The standard InChI is InChI=1S/C4H6O2.Pd/c1-2-3-4(5)6;/h2H,1,3H2,(H,5,6);. The molecule has 0 bridgehead atoms. The second kappa shape index (κ2) is 5.87. The van der Waals surface area contributed by atoms with Gasteiger partial charge in [0.1, 0.15) is 0 Å². The molecule has 0 rings (SSSR count). The topological polar surface area (TPSA) is 37.3 Å². The van der Waals surface area contributed by atoms with Gasteiger partial charge in [0.2, 0.25) is 0 Å². The van der Waals surface area contributed by atoms with Crippen molar-refractivity contribution < 1.29 is 30.3 Å². The third-order valence-electron chi connectivity index (χ3n) is 0.319. The number of carboxylic acid groups (broad SMARTS) is 1. The number of carboxylic acids is 1. The summed E-state index contributed by atoms with van der Waals surface area (Å²) in [7, 11) is 0. The number of carbonyl (C=O) groups is 1. The van der Waals surface area contributed by atoms with Crippen LogP contribution >= 0.6 is 0 Å². The summed E-state index contributed by atoms with van der Waals surface area (Å²) in [6.45, 7) is 3.22. The van der Waals surface area contributed by atoms with Crippen molar-refractivity contribution in [2.45, 2.75) is 6.42 Å². The molecule has 0 saturated carbocycles. The average molecular weight is 193 g/mol. The van der Waals surface area contributed by atoms with Crippen LogP contribution in [0.25, 0.3) is 0 Å². The molecule has 0 heterocycles. The summed E-state index contributed by atoms with van der Waals surface area (Å²) < 4.78 is 0. The van der Waals surface area contributed by atoms with Crippen LogP contribution in [0.3, 0.4) is 0 Å². The fourth-order valence-corrected chi connectivity index (χ4v) is 0.123. The largest absolute Gasteiger partial charge is 0.481 e. The van der Waals surface area contributed by atoms with Crippen LogP contribution in [-0.2, 0) is 25.2 Å². The van der Waals surface area contributed by atoms with Crippen LogP contribution in [0.4, 0.5) is 0 Å². The Kier molecular flexibility index (Phi) is 8.37. The minimum absolute atomic E-state index is 0. The summed E-state index contributed by atoms with van der Waals surface area (Å²) in [5.41, 5.74) is 0. The van der Waals surface area contributed by atoms with E-state index in [1.807, 2.05) is 0 Å². The summed E-state index contributed by atoms with van der Waals surface area (Å²) in [5, 5.41) is 7.84. The first-order valence-electron chi connectivity index (χ1n) is 1.60. The van der Waals surface area contributed by atoms with E-state index in [-0.39, 0.29) is 26.8 Å². The van der Waals surface area contributed by atoms with Gasteiger partial charge in [0, 0.05) is 20.4 Å². The molecule has 0 aromatic carbocycles. The van der Waals surface area contributed by atoms with E-state index in [9.17, 15) is 4.79 Å². The summed E-state index contributed by atoms with van der Waals surface area (Å²) in [4.78, 5) is 9.53. The van der Waals surface area contributed by atoms with Crippen LogP contribution in [0.5, 0.6) is 0 Å². The maximum Gasteiger partial charge on any atom is 0.307 e. The van der Waals surface area contributed by atoms with E-state index in [4.69, 9.17) is 5.11 Å². The molecule has 0 spiro atoms. The third-order valence-corrected chi connectivity index (χ3v) is 0.319. The minimum atomic E-state index is -0.829. The van der Waals surface area contributed by atoms with Crippen molar-refractivity contribution in [3.63, 3.8) is 0 Å².